The van der Waals surface area contributed by atoms with E-state index in [0.717, 1.165) is 22.9 Å². The summed E-state index contributed by atoms with van der Waals surface area (Å²) in [6, 6.07) is 4.43. The number of carbonyl (C=O) groups excluding carboxylic acids is 3. The van der Waals surface area contributed by atoms with Gasteiger partial charge >= 0.3 is 5.97 Å². The lowest BCUT2D eigenvalue weighted by molar-refractivity contribution is -0.140. The minimum absolute atomic E-state index is 0.0131. The molecule has 0 spiro atoms. The van der Waals surface area contributed by atoms with E-state index in [1.165, 1.54) is 11.8 Å². The van der Waals surface area contributed by atoms with Crippen molar-refractivity contribution in [1.29, 1.82) is 0 Å². The molecule has 8 heteroatoms. The fourth-order valence-corrected chi connectivity index (χ4v) is 3.92. The van der Waals surface area contributed by atoms with E-state index in [-0.39, 0.29) is 24.0 Å². The van der Waals surface area contributed by atoms with Crippen LogP contribution in [-0.2, 0) is 19.2 Å². The molecule has 0 aliphatic carbocycles. The first-order valence-electron chi connectivity index (χ1n) is 7.77. The number of imide groups is 1. The topological polar surface area (TPSA) is 104 Å². The zero-order chi connectivity index (χ0) is 18.7. The standard InChI is InChI=1S/C17H20N2O5S/c1-9-5-4-6-10(2)15(9)19-14(21)7-13(16(19)22)25-8-12(17(23)24)18-11(3)20/h4-6,12-13H,7-8H2,1-3H3,(H,18,20)(H,23,24)/t12-,13-/m0/s1. The molecule has 2 rings (SSSR count). The second kappa shape index (κ2) is 7.69. The molecule has 0 saturated carbocycles. The lowest BCUT2D eigenvalue weighted by atomic mass is 10.1. The number of amides is 3. The zero-order valence-corrected chi connectivity index (χ0v) is 15.1. The summed E-state index contributed by atoms with van der Waals surface area (Å²) in [5, 5.41) is 10.8. The van der Waals surface area contributed by atoms with Gasteiger partial charge in [0.25, 0.3) is 0 Å². The number of aryl methyl sites for hydroxylation is 2. The van der Waals surface area contributed by atoms with Crippen molar-refractivity contribution in [3.05, 3.63) is 29.3 Å². The molecule has 1 heterocycles. The molecular weight excluding hydrogens is 344 g/mol. The molecule has 0 aromatic heterocycles. The van der Waals surface area contributed by atoms with Crippen molar-refractivity contribution in [3.63, 3.8) is 0 Å². The molecule has 2 atom stereocenters. The molecule has 1 aromatic carbocycles. The highest BCUT2D eigenvalue weighted by Crippen LogP contribution is 2.33. The van der Waals surface area contributed by atoms with Gasteiger partial charge in [0.1, 0.15) is 6.04 Å². The number of benzene rings is 1. The van der Waals surface area contributed by atoms with Gasteiger partial charge in [-0.3, -0.25) is 14.4 Å². The van der Waals surface area contributed by atoms with Gasteiger partial charge in [0.2, 0.25) is 17.7 Å². The normalized spacial score (nSPS) is 18.4. The van der Waals surface area contributed by atoms with Crippen LogP contribution >= 0.6 is 11.8 Å². The number of anilines is 1. The van der Waals surface area contributed by atoms with Crippen molar-refractivity contribution in [2.24, 2.45) is 0 Å². The van der Waals surface area contributed by atoms with Crippen LogP contribution in [0.4, 0.5) is 5.69 Å². The van der Waals surface area contributed by atoms with E-state index in [1.807, 2.05) is 32.0 Å². The number of thioether (sulfide) groups is 1. The molecule has 0 bridgehead atoms. The number of nitrogens with zero attached hydrogens (tertiary/aromatic N) is 1. The number of aliphatic carboxylic acids is 1. The lowest BCUT2D eigenvalue weighted by Gasteiger charge is -2.20. The Labute approximate surface area is 149 Å². The van der Waals surface area contributed by atoms with Crippen molar-refractivity contribution in [2.75, 3.05) is 10.7 Å². The average Bonchev–Trinajstić information content (AvgIpc) is 2.78. The molecule has 1 aliphatic heterocycles. The van der Waals surface area contributed by atoms with E-state index in [1.54, 1.807) is 0 Å². The minimum Gasteiger partial charge on any atom is -0.480 e. The summed E-state index contributed by atoms with van der Waals surface area (Å²) in [4.78, 5) is 48.5. The van der Waals surface area contributed by atoms with Gasteiger partial charge in [-0.2, -0.15) is 0 Å². The van der Waals surface area contributed by atoms with Crippen molar-refractivity contribution >= 4 is 41.1 Å². The Morgan fingerprint density at radius 1 is 1.32 bits per heavy atom. The van der Waals surface area contributed by atoms with Gasteiger partial charge in [0.15, 0.2) is 0 Å². The number of carbonyl (C=O) groups is 4. The first-order chi connectivity index (χ1) is 11.7. The van der Waals surface area contributed by atoms with Crippen LogP contribution in [0.5, 0.6) is 0 Å². The maximum Gasteiger partial charge on any atom is 0.327 e. The highest BCUT2D eigenvalue weighted by Gasteiger charge is 2.41. The van der Waals surface area contributed by atoms with E-state index in [2.05, 4.69) is 5.32 Å². The van der Waals surface area contributed by atoms with Gasteiger partial charge in [-0.25, -0.2) is 9.69 Å². The number of para-hydroxylation sites is 1. The Bertz CT molecular complexity index is 713. The SMILES string of the molecule is CC(=O)N[C@@H](CS[C@H]1CC(=O)N(c2c(C)cccc2C)C1=O)C(=O)O. The van der Waals surface area contributed by atoms with Gasteiger partial charge in [0.05, 0.1) is 10.9 Å². The third kappa shape index (κ3) is 4.19. The van der Waals surface area contributed by atoms with Crippen LogP contribution < -0.4 is 10.2 Å². The van der Waals surface area contributed by atoms with Gasteiger partial charge in [0, 0.05) is 19.1 Å². The molecule has 0 unspecified atom stereocenters. The van der Waals surface area contributed by atoms with Crippen LogP contribution in [0.2, 0.25) is 0 Å². The first-order valence-corrected chi connectivity index (χ1v) is 8.81. The molecule has 2 N–H and O–H groups in total. The summed E-state index contributed by atoms with van der Waals surface area (Å²) in [5.74, 6) is -2.27. The summed E-state index contributed by atoms with van der Waals surface area (Å²) in [5.41, 5.74) is 2.25. The molecule has 3 amide bonds. The Morgan fingerprint density at radius 2 is 1.92 bits per heavy atom. The molecule has 1 aromatic rings. The van der Waals surface area contributed by atoms with Gasteiger partial charge in [-0.05, 0) is 25.0 Å². The third-order valence-corrected chi connectivity index (χ3v) is 5.20. The van der Waals surface area contributed by atoms with Crippen LogP contribution in [0.1, 0.15) is 24.5 Å². The Morgan fingerprint density at radius 3 is 2.44 bits per heavy atom. The van der Waals surface area contributed by atoms with E-state index in [9.17, 15) is 19.2 Å². The number of hydrogen-bond donors (Lipinski definition) is 2. The second-order valence-corrected chi connectivity index (χ2v) is 7.16. The molecule has 134 valence electrons. The van der Waals surface area contributed by atoms with E-state index >= 15 is 0 Å². The van der Waals surface area contributed by atoms with E-state index in [0.29, 0.717) is 5.69 Å². The summed E-state index contributed by atoms with van der Waals surface area (Å²) < 4.78 is 0. The van der Waals surface area contributed by atoms with Crippen molar-refractivity contribution < 1.29 is 24.3 Å². The number of carboxylic acid groups (broad SMARTS) is 1. The largest absolute Gasteiger partial charge is 0.480 e. The smallest absolute Gasteiger partial charge is 0.327 e. The summed E-state index contributed by atoms with van der Waals surface area (Å²) in [6.07, 6.45) is 0.0175. The van der Waals surface area contributed by atoms with Crippen LogP contribution in [0.15, 0.2) is 18.2 Å². The van der Waals surface area contributed by atoms with Gasteiger partial charge < -0.3 is 10.4 Å². The molecule has 7 nitrogen and oxygen atoms in total. The molecular formula is C17H20N2O5S. The van der Waals surface area contributed by atoms with Crippen LogP contribution in [0, 0.1) is 13.8 Å². The molecule has 25 heavy (non-hydrogen) atoms. The molecule has 1 fully saturated rings. The summed E-state index contributed by atoms with van der Waals surface area (Å²) in [7, 11) is 0. The summed E-state index contributed by atoms with van der Waals surface area (Å²) in [6.45, 7) is 4.90. The van der Waals surface area contributed by atoms with Crippen molar-refractivity contribution in [2.45, 2.75) is 38.5 Å². The predicted octanol–water partition coefficient (Wildman–Crippen LogP) is 1.26. The third-order valence-electron chi connectivity index (χ3n) is 3.91. The highest BCUT2D eigenvalue weighted by atomic mass is 32.2. The quantitative estimate of drug-likeness (QED) is 0.737. The Balaban J connectivity index is 2.13. The van der Waals surface area contributed by atoms with Crippen LogP contribution in [0.25, 0.3) is 0 Å². The van der Waals surface area contributed by atoms with Crippen LogP contribution in [-0.4, -0.2) is 45.8 Å². The molecule has 1 saturated heterocycles. The lowest BCUT2D eigenvalue weighted by Crippen LogP contribution is -2.42. The monoisotopic (exact) mass is 364 g/mol. The number of carboxylic acids is 1. The van der Waals surface area contributed by atoms with Crippen LogP contribution in [0.3, 0.4) is 0 Å². The van der Waals surface area contributed by atoms with Gasteiger partial charge in [-0.15, -0.1) is 11.8 Å². The van der Waals surface area contributed by atoms with Crippen molar-refractivity contribution in [3.8, 4) is 0 Å². The van der Waals surface area contributed by atoms with E-state index < -0.39 is 23.2 Å². The number of hydrogen-bond acceptors (Lipinski definition) is 5. The zero-order valence-electron chi connectivity index (χ0n) is 14.2. The Hall–Kier alpha value is -2.35. The highest BCUT2D eigenvalue weighted by molar-refractivity contribution is 8.00. The number of rotatable bonds is 6. The van der Waals surface area contributed by atoms with Gasteiger partial charge in [-0.1, -0.05) is 18.2 Å². The van der Waals surface area contributed by atoms with E-state index in [4.69, 9.17) is 5.11 Å². The van der Waals surface area contributed by atoms with Crippen molar-refractivity contribution in [1.82, 2.24) is 5.32 Å². The number of nitrogens with one attached hydrogen (secondary N) is 1. The predicted molar refractivity (Wildman–Crippen MR) is 94.5 cm³/mol. The minimum atomic E-state index is -1.17. The molecule has 1 aliphatic rings. The Kier molecular flexibility index (Phi) is 5.84. The summed E-state index contributed by atoms with van der Waals surface area (Å²) >= 11 is 1.08. The maximum atomic E-state index is 12.7. The fraction of sp³-hybridized carbons (Fsp3) is 0.412. The first kappa shape index (κ1) is 19.0. The second-order valence-electron chi connectivity index (χ2n) is 5.93. The molecule has 0 radical (unpaired) electrons. The fourth-order valence-electron chi connectivity index (χ4n) is 2.76. The average molecular weight is 364 g/mol. The maximum absolute atomic E-state index is 12.7.